The number of carbonyl (C=O) groups excluding carboxylic acids is 1. The second-order valence-corrected chi connectivity index (χ2v) is 5.82. The molecular formula is C12H18N2OS. The normalized spacial score (nSPS) is 25.1. The molecule has 2 unspecified atom stereocenters. The molecule has 0 bridgehead atoms. The molecule has 0 spiro atoms. The highest BCUT2D eigenvalue weighted by atomic mass is 32.1. The van der Waals surface area contributed by atoms with E-state index in [1.165, 1.54) is 11.3 Å². The van der Waals surface area contributed by atoms with Gasteiger partial charge in [0.2, 0.25) is 0 Å². The number of carbonyl (C=O) groups is 1. The summed E-state index contributed by atoms with van der Waals surface area (Å²) in [6.07, 6.45) is 0. The van der Waals surface area contributed by atoms with Crippen LogP contribution in [0.5, 0.6) is 0 Å². The molecule has 0 amide bonds. The van der Waals surface area contributed by atoms with Crippen molar-refractivity contribution in [1.29, 1.82) is 0 Å². The number of thiophene rings is 1. The molecule has 3 nitrogen and oxygen atoms in total. The summed E-state index contributed by atoms with van der Waals surface area (Å²) in [5.74, 6) is 1.49. The van der Waals surface area contributed by atoms with E-state index in [0.29, 0.717) is 22.4 Å². The minimum absolute atomic E-state index is 0.0639. The average molecular weight is 238 g/mol. The van der Waals surface area contributed by atoms with Crippen LogP contribution in [0.25, 0.3) is 0 Å². The molecule has 2 atom stereocenters. The lowest BCUT2D eigenvalue weighted by atomic mass is 10.0. The van der Waals surface area contributed by atoms with E-state index in [1.54, 1.807) is 6.92 Å². The highest BCUT2D eigenvalue weighted by Crippen LogP contribution is 2.36. The summed E-state index contributed by atoms with van der Waals surface area (Å²) in [6.45, 7) is 8.25. The molecule has 0 aromatic carbocycles. The fraction of sp³-hybridized carbons (Fsp3) is 0.583. The smallest absolute Gasteiger partial charge is 0.171 e. The molecular weight excluding hydrogens is 220 g/mol. The second kappa shape index (κ2) is 4.09. The van der Waals surface area contributed by atoms with Crippen LogP contribution in [-0.2, 0) is 0 Å². The quantitative estimate of drug-likeness (QED) is 0.806. The van der Waals surface area contributed by atoms with Crippen LogP contribution in [-0.4, -0.2) is 18.9 Å². The predicted molar refractivity (Wildman–Crippen MR) is 69.3 cm³/mol. The van der Waals surface area contributed by atoms with E-state index in [0.717, 1.165) is 18.1 Å². The molecule has 2 N–H and O–H groups in total. The average Bonchev–Trinajstić information content (AvgIpc) is 2.71. The summed E-state index contributed by atoms with van der Waals surface area (Å²) in [4.78, 5) is 14.4. The molecule has 2 rings (SSSR count). The number of rotatable bonds is 2. The Hall–Kier alpha value is -1.03. The molecule has 0 aliphatic carbocycles. The molecule has 1 aromatic rings. The summed E-state index contributed by atoms with van der Waals surface area (Å²) in [6, 6.07) is 1.94. The van der Waals surface area contributed by atoms with E-state index < -0.39 is 0 Å². The van der Waals surface area contributed by atoms with E-state index in [2.05, 4.69) is 18.7 Å². The Labute approximate surface area is 100 Å². The third-order valence-electron chi connectivity index (χ3n) is 3.37. The first kappa shape index (κ1) is 11.5. The molecule has 1 fully saturated rings. The summed E-state index contributed by atoms with van der Waals surface area (Å²) < 4.78 is 0. The van der Waals surface area contributed by atoms with Gasteiger partial charge in [-0.25, -0.2) is 0 Å². The van der Waals surface area contributed by atoms with Crippen LogP contribution in [0.15, 0.2) is 6.07 Å². The van der Waals surface area contributed by atoms with Crippen LogP contribution in [0.3, 0.4) is 0 Å². The number of nitrogen functional groups attached to an aromatic ring is 1. The maximum atomic E-state index is 11.3. The summed E-state index contributed by atoms with van der Waals surface area (Å²) in [5, 5.41) is 1.14. The van der Waals surface area contributed by atoms with Crippen LogP contribution >= 0.6 is 11.3 Å². The van der Waals surface area contributed by atoms with Crippen LogP contribution in [0.2, 0.25) is 0 Å². The van der Waals surface area contributed by atoms with Gasteiger partial charge in [-0.2, -0.15) is 0 Å². The number of anilines is 2. The van der Waals surface area contributed by atoms with Gasteiger partial charge >= 0.3 is 0 Å². The molecule has 1 saturated heterocycles. The minimum atomic E-state index is 0.0639. The molecule has 0 radical (unpaired) electrons. The van der Waals surface area contributed by atoms with Crippen LogP contribution in [0.1, 0.15) is 30.4 Å². The molecule has 16 heavy (non-hydrogen) atoms. The van der Waals surface area contributed by atoms with Crippen molar-refractivity contribution in [3.05, 3.63) is 10.9 Å². The molecule has 4 heteroatoms. The Morgan fingerprint density at radius 1 is 1.44 bits per heavy atom. The SMILES string of the molecule is CC(=O)c1sc(N2CC(C)C(C)C2)cc1N. The molecule has 1 aromatic heterocycles. The van der Waals surface area contributed by atoms with Crippen molar-refractivity contribution < 1.29 is 4.79 Å². The van der Waals surface area contributed by atoms with Crippen molar-refractivity contribution in [2.45, 2.75) is 20.8 Å². The van der Waals surface area contributed by atoms with E-state index in [4.69, 9.17) is 5.73 Å². The summed E-state index contributed by atoms with van der Waals surface area (Å²) in [5.41, 5.74) is 6.47. The Morgan fingerprint density at radius 2 is 2.00 bits per heavy atom. The Bertz CT molecular complexity index is 403. The van der Waals surface area contributed by atoms with Gasteiger partial charge in [0, 0.05) is 20.0 Å². The zero-order valence-corrected chi connectivity index (χ0v) is 10.8. The molecule has 1 aliphatic rings. The number of nitrogens with zero attached hydrogens (tertiary/aromatic N) is 1. The first-order chi connectivity index (χ1) is 7.49. The zero-order valence-electron chi connectivity index (χ0n) is 9.99. The lowest BCUT2D eigenvalue weighted by Gasteiger charge is -2.14. The Kier molecular flexibility index (Phi) is 2.93. The van der Waals surface area contributed by atoms with Crippen molar-refractivity contribution in [3.8, 4) is 0 Å². The maximum Gasteiger partial charge on any atom is 0.171 e. The fourth-order valence-electron chi connectivity index (χ4n) is 2.13. The van der Waals surface area contributed by atoms with Gasteiger partial charge in [0.25, 0.3) is 0 Å². The number of hydrogen-bond acceptors (Lipinski definition) is 4. The molecule has 2 heterocycles. The van der Waals surface area contributed by atoms with Gasteiger partial charge in [0.1, 0.15) is 0 Å². The second-order valence-electron chi connectivity index (χ2n) is 4.78. The van der Waals surface area contributed by atoms with Gasteiger partial charge < -0.3 is 10.6 Å². The third-order valence-corrected chi connectivity index (χ3v) is 4.68. The van der Waals surface area contributed by atoms with Crippen LogP contribution < -0.4 is 10.6 Å². The van der Waals surface area contributed by atoms with Crippen molar-refractivity contribution in [2.24, 2.45) is 11.8 Å². The topological polar surface area (TPSA) is 46.3 Å². The minimum Gasteiger partial charge on any atom is -0.397 e. The van der Waals surface area contributed by atoms with Gasteiger partial charge in [-0.15, -0.1) is 11.3 Å². The van der Waals surface area contributed by atoms with E-state index in [-0.39, 0.29) is 5.78 Å². The summed E-state index contributed by atoms with van der Waals surface area (Å²) in [7, 11) is 0. The third kappa shape index (κ3) is 1.94. The molecule has 0 saturated carbocycles. The number of hydrogen-bond donors (Lipinski definition) is 1. The number of Topliss-reactive ketones (excluding diaryl/α,β-unsaturated/α-hetero) is 1. The number of nitrogens with two attached hydrogens (primary N) is 1. The summed E-state index contributed by atoms with van der Waals surface area (Å²) >= 11 is 1.52. The van der Waals surface area contributed by atoms with Crippen molar-refractivity contribution in [1.82, 2.24) is 0 Å². The maximum absolute atomic E-state index is 11.3. The van der Waals surface area contributed by atoms with Crippen LogP contribution in [0.4, 0.5) is 10.7 Å². The lowest BCUT2D eigenvalue weighted by molar-refractivity contribution is 0.102. The van der Waals surface area contributed by atoms with Crippen LogP contribution in [0, 0.1) is 11.8 Å². The number of ketones is 1. The van der Waals surface area contributed by atoms with E-state index >= 15 is 0 Å². The largest absolute Gasteiger partial charge is 0.397 e. The Morgan fingerprint density at radius 3 is 2.44 bits per heavy atom. The van der Waals surface area contributed by atoms with Crippen molar-refractivity contribution in [3.63, 3.8) is 0 Å². The van der Waals surface area contributed by atoms with Gasteiger partial charge in [-0.05, 0) is 17.9 Å². The van der Waals surface area contributed by atoms with Crippen molar-refractivity contribution >= 4 is 27.8 Å². The van der Waals surface area contributed by atoms with E-state index in [9.17, 15) is 4.79 Å². The fourth-order valence-corrected chi connectivity index (χ4v) is 3.13. The first-order valence-corrected chi connectivity index (χ1v) is 6.46. The van der Waals surface area contributed by atoms with E-state index in [1.807, 2.05) is 6.07 Å². The van der Waals surface area contributed by atoms with Gasteiger partial charge in [0.05, 0.1) is 15.6 Å². The molecule has 1 aliphatic heterocycles. The standard InChI is InChI=1S/C12H18N2OS/c1-7-5-14(6-8(7)2)11-4-10(13)12(16-11)9(3)15/h4,7-8H,5-6,13H2,1-3H3. The Balaban J connectivity index is 2.22. The lowest BCUT2D eigenvalue weighted by Crippen LogP contribution is -2.18. The van der Waals surface area contributed by atoms with Gasteiger partial charge in [0.15, 0.2) is 5.78 Å². The molecule has 88 valence electrons. The highest BCUT2D eigenvalue weighted by Gasteiger charge is 2.27. The monoisotopic (exact) mass is 238 g/mol. The predicted octanol–water partition coefficient (Wildman–Crippen LogP) is 2.63. The van der Waals surface area contributed by atoms with Crippen molar-refractivity contribution in [2.75, 3.05) is 23.7 Å². The van der Waals surface area contributed by atoms with Gasteiger partial charge in [-0.1, -0.05) is 13.8 Å². The first-order valence-electron chi connectivity index (χ1n) is 5.64. The van der Waals surface area contributed by atoms with Gasteiger partial charge in [-0.3, -0.25) is 4.79 Å². The zero-order chi connectivity index (χ0) is 11.9. The highest BCUT2D eigenvalue weighted by molar-refractivity contribution is 7.18.